The number of hydrogen-bond acceptors (Lipinski definition) is 9. The van der Waals surface area contributed by atoms with E-state index in [9.17, 15) is 10.2 Å². The predicted molar refractivity (Wildman–Crippen MR) is 156 cm³/mol. The molecule has 7 unspecified atom stereocenters. The highest BCUT2D eigenvalue weighted by Crippen LogP contribution is 2.57. The first-order chi connectivity index (χ1) is 18.4. The van der Waals surface area contributed by atoms with E-state index in [-0.39, 0.29) is 0 Å². The molecule has 1 aliphatic rings. The third kappa shape index (κ3) is 7.44. The van der Waals surface area contributed by atoms with Crippen molar-refractivity contribution in [2.24, 2.45) is 0 Å². The first kappa shape index (κ1) is 29.6. The third-order valence-electron chi connectivity index (χ3n) is 6.18. The van der Waals surface area contributed by atoms with Crippen LogP contribution in [0.1, 0.15) is 44.3 Å². The standard InChI is InChI=1S/C25H38N5O5P3/c1-4-12-34-38(36)16-37(33-5-2)13-11-19-21(31)22(32)25(35-19)30-15-27-20-23(28-17(3)29-24(20)30)26-14-18-9-7-6-8-10-18/h6-10,15,19,21-22,25,31-32H,4-5,11-14,16,36H2,1-3H3,(H,26,28,29). The second-order valence-electron chi connectivity index (χ2n) is 9.13. The minimum Gasteiger partial charge on any atom is -0.388 e. The molecule has 10 nitrogen and oxygen atoms in total. The summed E-state index contributed by atoms with van der Waals surface area (Å²) in [6.45, 7) is 7.87. The van der Waals surface area contributed by atoms with Crippen LogP contribution in [0.15, 0.2) is 36.7 Å². The average Bonchev–Trinajstić information content (AvgIpc) is 3.45. The van der Waals surface area contributed by atoms with E-state index >= 15 is 0 Å². The van der Waals surface area contributed by atoms with Crippen LogP contribution in [-0.4, -0.2) is 73.3 Å². The van der Waals surface area contributed by atoms with Gasteiger partial charge in [-0.3, -0.25) is 4.57 Å². The van der Waals surface area contributed by atoms with Crippen molar-refractivity contribution in [3.63, 3.8) is 0 Å². The Morgan fingerprint density at radius 1 is 1.13 bits per heavy atom. The summed E-state index contributed by atoms with van der Waals surface area (Å²) in [7, 11) is 1.46. The maximum Gasteiger partial charge on any atom is 0.167 e. The Morgan fingerprint density at radius 3 is 2.66 bits per heavy atom. The summed E-state index contributed by atoms with van der Waals surface area (Å²) in [5.41, 5.74) is 2.25. The number of aliphatic hydroxyl groups is 2. The monoisotopic (exact) mass is 581 g/mol. The van der Waals surface area contributed by atoms with E-state index in [1.54, 1.807) is 10.9 Å². The number of hydrogen-bond donors (Lipinski definition) is 3. The van der Waals surface area contributed by atoms with E-state index in [1.807, 2.05) is 44.2 Å². The number of benzene rings is 1. The first-order valence-corrected chi connectivity index (χ1v) is 17.6. The number of aromatic nitrogens is 4. The van der Waals surface area contributed by atoms with Crippen molar-refractivity contribution in [2.75, 3.05) is 30.6 Å². The smallest absolute Gasteiger partial charge is 0.167 e. The Balaban J connectivity index is 1.45. The molecule has 1 saturated heterocycles. The van der Waals surface area contributed by atoms with Gasteiger partial charge in [-0.1, -0.05) is 46.2 Å². The summed E-state index contributed by atoms with van der Waals surface area (Å²) >= 11 is 0. The summed E-state index contributed by atoms with van der Waals surface area (Å²) in [5.74, 6) is 2.04. The Bertz CT molecular complexity index is 1160. The summed E-state index contributed by atoms with van der Waals surface area (Å²) in [6.07, 6.45) is 0.444. The molecule has 38 heavy (non-hydrogen) atoms. The van der Waals surface area contributed by atoms with Crippen LogP contribution in [0, 0.1) is 6.92 Å². The van der Waals surface area contributed by atoms with Crippen LogP contribution in [0.2, 0.25) is 0 Å². The quantitative estimate of drug-likeness (QED) is 0.231. The van der Waals surface area contributed by atoms with E-state index in [4.69, 9.17) is 13.8 Å². The van der Waals surface area contributed by atoms with Gasteiger partial charge in [0.15, 0.2) is 23.2 Å². The Morgan fingerprint density at radius 2 is 1.92 bits per heavy atom. The van der Waals surface area contributed by atoms with E-state index in [0.29, 0.717) is 42.4 Å². The maximum absolute atomic E-state index is 10.9. The van der Waals surface area contributed by atoms with Crippen LogP contribution in [0.4, 0.5) is 5.82 Å². The topological polar surface area (TPSA) is 124 Å². The number of anilines is 1. The minimum atomic E-state index is -1.11. The summed E-state index contributed by atoms with van der Waals surface area (Å²) in [4.78, 5) is 13.7. The highest BCUT2D eigenvalue weighted by atomic mass is 32.0. The van der Waals surface area contributed by atoms with Gasteiger partial charge in [0.2, 0.25) is 0 Å². The predicted octanol–water partition coefficient (Wildman–Crippen LogP) is 4.76. The van der Waals surface area contributed by atoms with Gasteiger partial charge in [0.05, 0.1) is 26.9 Å². The summed E-state index contributed by atoms with van der Waals surface area (Å²) < 4.78 is 19.8. The second kappa shape index (κ2) is 14.3. The number of ether oxygens (including phenoxy) is 1. The van der Waals surface area contributed by atoms with Gasteiger partial charge in [0, 0.05) is 27.2 Å². The second-order valence-corrected chi connectivity index (χ2v) is 14.8. The third-order valence-corrected chi connectivity index (χ3v) is 12.4. The molecule has 2 aromatic heterocycles. The summed E-state index contributed by atoms with van der Waals surface area (Å²) in [5, 5.41) is 25.1. The molecule has 1 aromatic carbocycles. The average molecular weight is 582 g/mol. The highest BCUT2D eigenvalue weighted by Gasteiger charge is 2.44. The molecule has 3 heterocycles. The Kier molecular flexibility index (Phi) is 11.2. The van der Waals surface area contributed by atoms with Gasteiger partial charge in [0.1, 0.15) is 18.0 Å². The Labute approximate surface area is 228 Å². The highest BCUT2D eigenvalue weighted by molar-refractivity contribution is 8.13. The number of aryl methyl sites for hydroxylation is 1. The minimum absolute atomic E-state index is 0.524. The van der Waals surface area contributed by atoms with Gasteiger partial charge in [-0.2, -0.15) is 0 Å². The molecule has 1 fully saturated rings. The lowest BCUT2D eigenvalue weighted by Crippen LogP contribution is -2.31. The van der Waals surface area contributed by atoms with E-state index in [2.05, 4.69) is 36.1 Å². The molecule has 0 bridgehead atoms. The normalized spacial score (nSPS) is 23.1. The molecule has 0 amide bonds. The SMILES string of the molecule is CCCOP(P)CP(CCC1OC(n2cnc3c(NCc4ccccc4)nc(C)nc32)C(O)C1O)OCC. The largest absolute Gasteiger partial charge is 0.388 e. The van der Waals surface area contributed by atoms with Crippen molar-refractivity contribution in [1.29, 1.82) is 0 Å². The first-order valence-electron chi connectivity index (χ1n) is 12.9. The number of rotatable bonds is 14. The van der Waals surface area contributed by atoms with E-state index in [1.165, 1.54) is 0 Å². The van der Waals surface area contributed by atoms with Crippen molar-refractivity contribution >= 4 is 41.9 Å². The molecule has 0 aliphatic carbocycles. The number of nitrogens with one attached hydrogen (secondary N) is 1. The van der Waals surface area contributed by atoms with Gasteiger partial charge in [-0.15, -0.1) is 0 Å². The molecular weight excluding hydrogens is 543 g/mol. The molecular formula is C25H38N5O5P3. The van der Waals surface area contributed by atoms with Crippen LogP contribution in [-0.2, 0) is 20.3 Å². The fourth-order valence-electron chi connectivity index (χ4n) is 4.35. The zero-order chi connectivity index (χ0) is 27.1. The van der Waals surface area contributed by atoms with Crippen molar-refractivity contribution in [3.8, 4) is 0 Å². The fraction of sp³-hybridized carbons (Fsp3) is 0.560. The zero-order valence-corrected chi connectivity index (χ0v) is 25.0. The lowest BCUT2D eigenvalue weighted by molar-refractivity contribution is -0.0354. The molecule has 3 N–H and O–H groups in total. The van der Waals surface area contributed by atoms with Crippen LogP contribution in [0.5, 0.6) is 0 Å². The lowest BCUT2D eigenvalue weighted by Gasteiger charge is -2.23. The molecule has 7 atom stereocenters. The van der Waals surface area contributed by atoms with Gasteiger partial charge in [-0.25, -0.2) is 15.0 Å². The zero-order valence-electron chi connectivity index (χ0n) is 22.1. The van der Waals surface area contributed by atoms with Crippen LogP contribution >= 0.6 is 24.9 Å². The maximum atomic E-state index is 10.9. The van der Waals surface area contributed by atoms with Gasteiger partial charge < -0.3 is 29.3 Å². The van der Waals surface area contributed by atoms with Gasteiger partial charge in [0.25, 0.3) is 0 Å². The Hall–Kier alpha value is -1.34. The van der Waals surface area contributed by atoms with Crippen molar-refractivity contribution in [1.82, 2.24) is 19.5 Å². The van der Waals surface area contributed by atoms with Crippen LogP contribution in [0.3, 0.4) is 0 Å². The lowest BCUT2D eigenvalue weighted by atomic mass is 10.1. The molecule has 0 spiro atoms. The number of nitrogens with zero attached hydrogens (tertiary/aromatic N) is 4. The fourth-order valence-corrected chi connectivity index (χ4v) is 10.2. The molecule has 0 saturated carbocycles. The number of aliphatic hydroxyl groups excluding tert-OH is 2. The molecule has 208 valence electrons. The number of imidazole rings is 1. The molecule has 0 radical (unpaired) electrons. The van der Waals surface area contributed by atoms with Crippen molar-refractivity contribution in [2.45, 2.75) is 64.7 Å². The molecule has 13 heteroatoms. The van der Waals surface area contributed by atoms with Crippen molar-refractivity contribution < 1.29 is 24.0 Å². The van der Waals surface area contributed by atoms with Crippen LogP contribution in [0.25, 0.3) is 11.2 Å². The van der Waals surface area contributed by atoms with E-state index < -0.39 is 40.5 Å². The van der Waals surface area contributed by atoms with Gasteiger partial charge >= 0.3 is 0 Å². The molecule has 3 aromatic rings. The number of fused-ring (bicyclic) bond motifs is 1. The van der Waals surface area contributed by atoms with Crippen LogP contribution < -0.4 is 5.32 Å². The molecule has 1 aliphatic heterocycles. The van der Waals surface area contributed by atoms with Crippen molar-refractivity contribution in [3.05, 3.63) is 48.0 Å². The van der Waals surface area contributed by atoms with E-state index in [0.717, 1.165) is 30.7 Å². The summed E-state index contributed by atoms with van der Waals surface area (Å²) in [6, 6.07) is 10.0. The van der Waals surface area contributed by atoms with Gasteiger partial charge in [-0.05, 0) is 38.4 Å². The molecule has 4 rings (SSSR count).